The number of guanidine groups is 1. The molecule has 1 unspecified atom stereocenters. The maximum atomic E-state index is 4.35. The van der Waals surface area contributed by atoms with Gasteiger partial charge in [-0.05, 0) is 43.5 Å². The van der Waals surface area contributed by atoms with Gasteiger partial charge in [-0.15, -0.1) is 24.0 Å². The molecule has 0 amide bonds. The smallest absolute Gasteiger partial charge is 0.191 e. The van der Waals surface area contributed by atoms with Crippen LogP contribution >= 0.6 is 24.0 Å². The number of aliphatic imine (C=N–C) groups is 1. The number of aryl methyl sites for hydroxylation is 1. The molecule has 5 heteroatoms. The van der Waals surface area contributed by atoms with Crippen LogP contribution in [0, 0.1) is 0 Å². The van der Waals surface area contributed by atoms with Gasteiger partial charge in [0.2, 0.25) is 0 Å². The lowest BCUT2D eigenvalue weighted by Gasteiger charge is -2.24. The summed E-state index contributed by atoms with van der Waals surface area (Å²) < 4.78 is 0. The molecule has 0 spiro atoms. The summed E-state index contributed by atoms with van der Waals surface area (Å²) in [5, 5.41) is 6.92. The zero-order valence-corrected chi connectivity index (χ0v) is 17.0. The van der Waals surface area contributed by atoms with Crippen molar-refractivity contribution < 1.29 is 0 Å². The second-order valence-electron chi connectivity index (χ2n) is 5.85. The Labute approximate surface area is 158 Å². The highest BCUT2D eigenvalue weighted by molar-refractivity contribution is 14.0. The summed E-state index contributed by atoms with van der Waals surface area (Å²) >= 11 is 0. The van der Waals surface area contributed by atoms with Crippen LogP contribution in [0.25, 0.3) is 0 Å². The van der Waals surface area contributed by atoms with Crippen molar-refractivity contribution in [1.82, 2.24) is 15.5 Å². The van der Waals surface area contributed by atoms with Crippen LogP contribution in [0.3, 0.4) is 0 Å². The Hall–Kier alpha value is -0.820. The van der Waals surface area contributed by atoms with E-state index in [2.05, 4.69) is 58.6 Å². The third kappa shape index (κ3) is 5.95. The van der Waals surface area contributed by atoms with Crippen molar-refractivity contribution >= 4 is 29.9 Å². The number of halogens is 1. The highest BCUT2D eigenvalue weighted by Gasteiger charge is 2.22. The SMILES string of the molecule is CCc1ccccc1CNC(=NC)NCC1CCCN1CC.I. The van der Waals surface area contributed by atoms with Crippen LogP contribution in [0.2, 0.25) is 0 Å². The minimum absolute atomic E-state index is 0. The number of rotatable bonds is 6. The molecule has 23 heavy (non-hydrogen) atoms. The first-order valence-corrected chi connectivity index (χ1v) is 8.53. The Bertz CT molecular complexity index is 490. The maximum Gasteiger partial charge on any atom is 0.191 e. The Morgan fingerprint density at radius 2 is 1.96 bits per heavy atom. The normalized spacial score (nSPS) is 18.6. The second kappa shape index (κ2) is 10.9. The molecule has 2 rings (SSSR count). The second-order valence-corrected chi connectivity index (χ2v) is 5.85. The fourth-order valence-corrected chi connectivity index (χ4v) is 3.23. The van der Waals surface area contributed by atoms with E-state index >= 15 is 0 Å². The first kappa shape index (κ1) is 20.2. The van der Waals surface area contributed by atoms with Gasteiger partial charge in [-0.25, -0.2) is 0 Å². The van der Waals surface area contributed by atoms with Gasteiger partial charge in [0.1, 0.15) is 0 Å². The van der Waals surface area contributed by atoms with Crippen molar-refractivity contribution in [3.05, 3.63) is 35.4 Å². The lowest BCUT2D eigenvalue weighted by atomic mass is 10.1. The van der Waals surface area contributed by atoms with Gasteiger partial charge in [-0.2, -0.15) is 0 Å². The first-order valence-electron chi connectivity index (χ1n) is 8.53. The molecule has 0 aromatic heterocycles. The third-order valence-corrected chi connectivity index (χ3v) is 4.58. The number of likely N-dealkylation sites (tertiary alicyclic amines) is 1. The predicted octanol–water partition coefficient (Wildman–Crippen LogP) is 3.02. The molecule has 0 bridgehead atoms. The molecule has 0 radical (unpaired) electrons. The lowest BCUT2D eigenvalue weighted by Crippen LogP contribution is -2.44. The van der Waals surface area contributed by atoms with Crippen molar-refractivity contribution in [2.75, 3.05) is 26.7 Å². The number of benzene rings is 1. The fourth-order valence-electron chi connectivity index (χ4n) is 3.23. The third-order valence-electron chi connectivity index (χ3n) is 4.58. The van der Waals surface area contributed by atoms with Crippen molar-refractivity contribution in [2.45, 2.75) is 45.7 Å². The number of nitrogens with zero attached hydrogens (tertiary/aromatic N) is 2. The Morgan fingerprint density at radius 3 is 2.61 bits per heavy atom. The van der Waals surface area contributed by atoms with E-state index in [1.807, 2.05) is 7.05 Å². The number of nitrogens with one attached hydrogen (secondary N) is 2. The molecule has 2 N–H and O–H groups in total. The van der Waals surface area contributed by atoms with E-state index < -0.39 is 0 Å². The van der Waals surface area contributed by atoms with Gasteiger partial charge in [0, 0.05) is 26.2 Å². The lowest BCUT2D eigenvalue weighted by molar-refractivity contribution is 0.267. The molecule has 1 heterocycles. The van der Waals surface area contributed by atoms with Crippen molar-refractivity contribution in [2.24, 2.45) is 4.99 Å². The van der Waals surface area contributed by atoms with Crippen LogP contribution in [0.1, 0.15) is 37.8 Å². The number of hydrogen-bond acceptors (Lipinski definition) is 2. The summed E-state index contributed by atoms with van der Waals surface area (Å²) in [5.74, 6) is 0.897. The molecule has 0 saturated carbocycles. The van der Waals surface area contributed by atoms with Crippen LogP contribution < -0.4 is 10.6 Å². The van der Waals surface area contributed by atoms with Crippen molar-refractivity contribution in [1.29, 1.82) is 0 Å². The molecule has 4 nitrogen and oxygen atoms in total. The molecule has 1 atom stereocenters. The van der Waals surface area contributed by atoms with Crippen LogP contribution in [0.5, 0.6) is 0 Å². The molecular formula is C18H31IN4. The van der Waals surface area contributed by atoms with E-state index in [-0.39, 0.29) is 24.0 Å². The van der Waals surface area contributed by atoms with Crippen molar-refractivity contribution in [3.63, 3.8) is 0 Å². The molecule has 130 valence electrons. The van der Waals surface area contributed by atoms with Gasteiger partial charge < -0.3 is 10.6 Å². The minimum atomic E-state index is 0. The average Bonchev–Trinajstić information content (AvgIpc) is 3.03. The van der Waals surface area contributed by atoms with Crippen LogP contribution in [-0.2, 0) is 13.0 Å². The van der Waals surface area contributed by atoms with Gasteiger partial charge in [-0.3, -0.25) is 9.89 Å². The summed E-state index contributed by atoms with van der Waals surface area (Å²) in [6, 6.07) is 9.24. The maximum absolute atomic E-state index is 4.35. The van der Waals surface area contributed by atoms with Crippen LogP contribution in [-0.4, -0.2) is 43.6 Å². The monoisotopic (exact) mass is 430 g/mol. The standard InChI is InChI=1S/C18H30N4.HI/c1-4-15-9-6-7-10-16(15)13-20-18(19-3)21-14-17-11-8-12-22(17)5-2;/h6-7,9-10,17H,4-5,8,11-14H2,1-3H3,(H2,19,20,21);1H. The molecule has 1 fully saturated rings. The zero-order chi connectivity index (χ0) is 15.8. The van der Waals surface area contributed by atoms with Crippen LogP contribution in [0.4, 0.5) is 0 Å². The zero-order valence-electron chi connectivity index (χ0n) is 14.6. The molecule has 1 aliphatic heterocycles. The summed E-state index contributed by atoms with van der Waals surface area (Å²) in [4.78, 5) is 6.89. The Morgan fingerprint density at radius 1 is 1.22 bits per heavy atom. The van der Waals surface area contributed by atoms with Crippen molar-refractivity contribution in [3.8, 4) is 0 Å². The van der Waals surface area contributed by atoms with E-state index in [9.17, 15) is 0 Å². The Kier molecular flexibility index (Phi) is 9.55. The summed E-state index contributed by atoms with van der Waals surface area (Å²) in [6.45, 7) is 8.62. The van der Waals surface area contributed by atoms with Gasteiger partial charge in [-0.1, -0.05) is 38.1 Å². The predicted molar refractivity (Wildman–Crippen MR) is 110 cm³/mol. The highest BCUT2D eigenvalue weighted by Crippen LogP contribution is 2.15. The molecule has 1 aromatic carbocycles. The quantitative estimate of drug-likeness (QED) is 0.414. The highest BCUT2D eigenvalue weighted by atomic mass is 127. The molecule has 1 saturated heterocycles. The first-order chi connectivity index (χ1) is 10.8. The van der Waals surface area contributed by atoms with E-state index in [4.69, 9.17) is 0 Å². The average molecular weight is 430 g/mol. The minimum Gasteiger partial charge on any atom is -0.355 e. The van der Waals surface area contributed by atoms with E-state index in [1.54, 1.807) is 0 Å². The summed E-state index contributed by atoms with van der Waals surface area (Å²) in [7, 11) is 1.84. The number of hydrogen-bond donors (Lipinski definition) is 2. The largest absolute Gasteiger partial charge is 0.355 e. The fraction of sp³-hybridized carbons (Fsp3) is 0.611. The molecule has 0 aliphatic carbocycles. The summed E-state index contributed by atoms with van der Waals surface area (Å²) in [5.41, 5.74) is 2.75. The Balaban J connectivity index is 0.00000264. The summed E-state index contributed by atoms with van der Waals surface area (Å²) in [6.07, 6.45) is 3.67. The number of likely N-dealkylation sites (N-methyl/N-ethyl adjacent to an activating group) is 1. The molecule has 1 aliphatic rings. The van der Waals surface area contributed by atoms with Gasteiger partial charge in [0.05, 0.1) is 0 Å². The molecular weight excluding hydrogens is 399 g/mol. The van der Waals surface area contributed by atoms with Gasteiger partial charge in [0.15, 0.2) is 5.96 Å². The molecule has 1 aromatic rings. The van der Waals surface area contributed by atoms with E-state index in [1.165, 1.54) is 30.5 Å². The van der Waals surface area contributed by atoms with Crippen LogP contribution in [0.15, 0.2) is 29.3 Å². The van der Waals surface area contributed by atoms with Gasteiger partial charge in [0.25, 0.3) is 0 Å². The topological polar surface area (TPSA) is 39.7 Å². The van der Waals surface area contributed by atoms with E-state index in [0.29, 0.717) is 6.04 Å². The van der Waals surface area contributed by atoms with Gasteiger partial charge >= 0.3 is 0 Å². The van der Waals surface area contributed by atoms with E-state index in [0.717, 1.165) is 32.0 Å².